The number of aliphatic carboxylic acids is 1. The predicted octanol–water partition coefficient (Wildman–Crippen LogP) is 0.345. The fourth-order valence-corrected chi connectivity index (χ4v) is 0.247. The van der Waals surface area contributed by atoms with E-state index in [4.69, 9.17) is 10.2 Å². The highest BCUT2D eigenvalue weighted by atomic mass is 32.1. The maximum Gasteiger partial charge on any atom is 0.346 e. The van der Waals surface area contributed by atoms with E-state index in [2.05, 4.69) is 12.6 Å². The summed E-state index contributed by atoms with van der Waals surface area (Å²) in [5.74, 6) is -1.70. The minimum absolute atomic E-state index is 0.390. The van der Waals surface area contributed by atoms with Crippen molar-refractivity contribution in [2.24, 2.45) is 5.92 Å². The molecule has 0 aromatic carbocycles. The van der Waals surface area contributed by atoms with Crippen molar-refractivity contribution < 1.29 is 15.0 Å². The van der Waals surface area contributed by atoms with Crippen molar-refractivity contribution in [3.8, 4) is 0 Å². The molecule has 0 bridgehead atoms. The number of aliphatic hydroxyl groups is 1. The Labute approximate surface area is 59.1 Å². The molecule has 2 N–H and O–H groups in total. The van der Waals surface area contributed by atoms with Crippen molar-refractivity contribution in [2.75, 3.05) is 0 Å². The summed E-state index contributed by atoms with van der Waals surface area (Å²) in [7, 11) is 0. The van der Waals surface area contributed by atoms with E-state index in [0.717, 1.165) is 0 Å². The number of hydrogen-bond donors (Lipinski definition) is 3. The van der Waals surface area contributed by atoms with Gasteiger partial charge < -0.3 is 10.2 Å². The Hall–Kier alpha value is -0.220. The molecule has 0 fully saturated rings. The maximum absolute atomic E-state index is 10.1. The molecule has 0 heterocycles. The van der Waals surface area contributed by atoms with Gasteiger partial charge in [-0.15, -0.1) is 12.6 Å². The van der Waals surface area contributed by atoms with E-state index in [1.165, 1.54) is 0 Å². The molecule has 0 rings (SSSR count). The van der Waals surface area contributed by atoms with Crippen LogP contribution in [0.5, 0.6) is 0 Å². The molecule has 9 heavy (non-hydrogen) atoms. The highest BCUT2D eigenvalue weighted by Gasteiger charge is 2.34. The molecule has 54 valence electrons. The second-order valence-corrected chi connectivity index (χ2v) is 2.87. The summed E-state index contributed by atoms with van der Waals surface area (Å²) >= 11 is 3.53. The molecule has 0 aromatic rings. The van der Waals surface area contributed by atoms with Crippen LogP contribution in [0.3, 0.4) is 0 Å². The molecule has 1 atom stereocenters. The zero-order chi connectivity index (χ0) is 7.65. The number of carboxylic acids is 1. The van der Waals surface area contributed by atoms with Crippen LogP contribution in [0.4, 0.5) is 0 Å². The van der Waals surface area contributed by atoms with Gasteiger partial charge in [0.25, 0.3) is 0 Å². The quantitative estimate of drug-likeness (QED) is 0.393. The Morgan fingerprint density at radius 3 is 2.00 bits per heavy atom. The van der Waals surface area contributed by atoms with Crippen LogP contribution in [0, 0.1) is 5.92 Å². The zero-order valence-corrected chi connectivity index (χ0v) is 6.22. The van der Waals surface area contributed by atoms with Crippen LogP contribution in [0.2, 0.25) is 0 Å². The van der Waals surface area contributed by atoms with Crippen LogP contribution in [-0.4, -0.2) is 21.1 Å². The van der Waals surface area contributed by atoms with Crippen LogP contribution in [0.15, 0.2) is 0 Å². The number of carboxylic acid groups (broad SMARTS) is 1. The normalized spacial score (nSPS) is 17.4. The van der Waals surface area contributed by atoms with Crippen LogP contribution >= 0.6 is 12.6 Å². The van der Waals surface area contributed by atoms with Gasteiger partial charge in [0.2, 0.25) is 4.93 Å². The second-order valence-electron chi connectivity index (χ2n) is 2.19. The molecule has 0 amide bonds. The highest BCUT2D eigenvalue weighted by molar-refractivity contribution is 7.82. The molecular formula is C5H10O3S. The number of thiol groups is 1. The molecule has 3 nitrogen and oxygen atoms in total. The van der Waals surface area contributed by atoms with Gasteiger partial charge in [-0.25, -0.2) is 4.79 Å². The first-order valence-corrected chi connectivity index (χ1v) is 3.02. The molecule has 0 saturated heterocycles. The summed E-state index contributed by atoms with van der Waals surface area (Å²) in [6.07, 6.45) is 0. The summed E-state index contributed by atoms with van der Waals surface area (Å²) in [5.41, 5.74) is 0. The van der Waals surface area contributed by atoms with Gasteiger partial charge in [0, 0.05) is 5.92 Å². The Balaban J connectivity index is 4.19. The Bertz CT molecular complexity index is 119. The first-order valence-electron chi connectivity index (χ1n) is 2.57. The van der Waals surface area contributed by atoms with E-state index in [9.17, 15) is 4.79 Å². The van der Waals surface area contributed by atoms with Gasteiger partial charge in [0.05, 0.1) is 0 Å². The molecule has 0 aliphatic carbocycles. The lowest BCUT2D eigenvalue weighted by Gasteiger charge is -2.20. The number of hydrogen-bond acceptors (Lipinski definition) is 3. The topological polar surface area (TPSA) is 57.5 Å². The summed E-state index contributed by atoms with van der Waals surface area (Å²) in [6.45, 7) is 3.17. The number of carbonyl (C=O) groups is 1. The van der Waals surface area contributed by atoms with Crippen LogP contribution in [0.1, 0.15) is 13.8 Å². The molecule has 0 saturated carbocycles. The van der Waals surface area contributed by atoms with Crippen LogP contribution in [0.25, 0.3) is 0 Å². The third-order valence-electron chi connectivity index (χ3n) is 1.12. The van der Waals surface area contributed by atoms with Crippen molar-refractivity contribution in [3.63, 3.8) is 0 Å². The van der Waals surface area contributed by atoms with E-state index in [1.54, 1.807) is 13.8 Å². The first kappa shape index (κ1) is 8.78. The van der Waals surface area contributed by atoms with E-state index in [-0.39, 0.29) is 0 Å². The monoisotopic (exact) mass is 150 g/mol. The first-order chi connectivity index (χ1) is 3.89. The molecular weight excluding hydrogens is 140 g/mol. The fraction of sp³-hybridized carbons (Fsp3) is 0.800. The molecule has 0 spiro atoms. The molecule has 0 aliphatic heterocycles. The highest BCUT2D eigenvalue weighted by Crippen LogP contribution is 2.20. The van der Waals surface area contributed by atoms with E-state index in [1.807, 2.05) is 0 Å². The predicted molar refractivity (Wildman–Crippen MR) is 36.4 cm³/mol. The Morgan fingerprint density at radius 1 is 1.67 bits per heavy atom. The maximum atomic E-state index is 10.1. The third-order valence-corrected chi connectivity index (χ3v) is 1.83. The number of rotatable bonds is 2. The second kappa shape index (κ2) is 2.58. The van der Waals surface area contributed by atoms with E-state index < -0.39 is 16.8 Å². The average Bonchev–Trinajstić information content (AvgIpc) is 1.65. The van der Waals surface area contributed by atoms with Crippen molar-refractivity contribution in [1.29, 1.82) is 0 Å². The molecule has 0 aromatic heterocycles. The van der Waals surface area contributed by atoms with Gasteiger partial charge in [-0.3, -0.25) is 0 Å². The van der Waals surface area contributed by atoms with Crippen molar-refractivity contribution in [3.05, 3.63) is 0 Å². The van der Waals surface area contributed by atoms with Crippen molar-refractivity contribution >= 4 is 18.6 Å². The zero-order valence-electron chi connectivity index (χ0n) is 5.33. The average molecular weight is 150 g/mol. The van der Waals surface area contributed by atoms with Gasteiger partial charge in [-0.05, 0) is 0 Å². The summed E-state index contributed by atoms with van der Waals surface area (Å²) in [4.78, 5) is 8.25. The minimum Gasteiger partial charge on any atom is -0.478 e. The van der Waals surface area contributed by atoms with Gasteiger partial charge in [0.15, 0.2) is 0 Å². The fourth-order valence-electron chi connectivity index (χ4n) is 0.247. The molecule has 0 aliphatic rings. The van der Waals surface area contributed by atoms with E-state index in [0.29, 0.717) is 0 Å². The molecule has 1 unspecified atom stereocenters. The van der Waals surface area contributed by atoms with Gasteiger partial charge in [0.1, 0.15) is 0 Å². The molecule has 4 heteroatoms. The lowest BCUT2D eigenvalue weighted by molar-refractivity contribution is -0.152. The smallest absolute Gasteiger partial charge is 0.346 e. The van der Waals surface area contributed by atoms with Gasteiger partial charge >= 0.3 is 5.97 Å². The molecule has 0 radical (unpaired) electrons. The lowest BCUT2D eigenvalue weighted by Crippen LogP contribution is -2.37. The van der Waals surface area contributed by atoms with Crippen molar-refractivity contribution in [2.45, 2.75) is 18.8 Å². The summed E-state index contributed by atoms with van der Waals surface area (Å²) in [6, 6.07) is 0. The SMILES string of the molecule is CC(C)C(O)(S)C(=O)O. The standard InChI is InChI=1S/C5H10O3S/c1-3(2)5(8,9)4(6)7/h3,8-9H,1-2H3,(H,6,7). The summed E-state index contributed by atoms with van der Waals surface area (Å²) < 4.78 is 0. The van der Waals surface area contributed by atoms with Crippen molar-refractivity contribution in [1.82, 2.24) is 0 Å². The van der Waals surface area contributed by atoms with Crippen LogP contribution < -0.4 is 0 Å². The Kier molecular flexibility index (Phi) is 2.51. The lowest BCUT2D eigenvalue weighted by atomic mass is 10.1. The third kappa shape index (κ3) is 1.87. The van der Waals surface area contributed by atoms with Gasteiger partial charge in [-0.2, -0.15) is 0 Å². The largest absolute Gasteiger partial charge is 0.478 e. The minimum atomic E-state index is -1.89. The van der Waals surface area contributed by atoms with Gasteiger partial charge in [-0.1, -0.05) is 13.8 Å². The van der Waals surface area contributed by atoms with E-state index >= 15 is 0 Å². The summed E-state index contributed by atoms with van der Waals surface area (Å²) in [5, 5.41) is 17.2. The van der Waals surface area contributed by atoms with Crippen LogP contribution in [-0.2, 0) is 4.79 Å². The Morgan fingerprint density at radius 2 is 2.00 bits per heavy atom.